The molecule has 0 bridgehead atoms. The molecule has 0 aliphatic rings. The summed E-state index contributed by atoms with van der Waals surface area (Å²) >= 11 is 2.99. The Bertz CT molecular complexity index is 615. The van der Waals surface area contributed by atoms with Crippen molar-refractivity contribution in [2.45, 2.75) is 4.90 Å². The van der Waals surface area contributed by atoms with Crippen LogP contribution in [0.3, 0.4) is 0 Å². The van der Waals surface area contributed by atoms with E-state index in [9.17, 15) is 18.0 Å². The standard InChI is InChI=1S/C9H9BrN2O6S/c1-18-9(15)11-12-19(16,17)5-2-3-7(10)6(4-5)8(13)14/h2-4,12H,1H3,(H,11,15)(H,13,14). The molecule has 1 amide bonds. The first-order valence-electron chi connectivity index (χ1n) is 4.66. The first-order valence-corrected chi connectivity index (χ1v) is 6.94. The summed E-state index contributed by atoms with van der Waals surface area (Å²) in [5.74, 6) is -1.29. The number of rotatable bonds is 4. The molecule has 0 saturated heterocycles. The van der Waals surface area contributed by atoms with Crippen molar-refractivity contribution in [3.05, 3.63) is 28.2 Å². The maximum atomic E-state index is 11.7. The van der Waals surface area contributed by atoms with E-state index in [2.05, 4.69) is 20.7 Å². The van der Waals surface area contributed by atoms with Crippen LogP contribution in [0.15, 0.2) is 27.6 Å². The first kappa shape index (κ1) is 15.4. The Hall–Kier alpha value is -1.65. The molecule has 19 heavy (non-hydrogen) atoms. The minimum atomic E-state index is -4.08. The molecule has 0 saturated carbocycles. The fourth-order valence-corrected chi connectivity index (χ4v) is 2.33. The summed E-state index contributed by atoms with van der Waals surface area (Å²) in [6, 6.07) is 3.40. The second-order valence-corrected chi connectivity index (χ2v) is 5.71. The lowest BCUT2D eigenvalue weighted by Gasteiger charge is -2.08. The predicted octanol–water partition coefficient (Wildman–Crippen LogP) is 0.697. The number of amides is 1. The van der Waals surface area contributed by atoms with Crippen molar-refractivity contribution in [3.63, 3.8) is 0 Å². The minimum Gasteiger partial charge on any atom is -0.478 e. The van der Waals surface area contributed by atoms with Gasteiger partial charge in [-0.3, -0.25) is 0 Å². The summed E-state index contributed by atoms with van der Waals surface area (Å²) in [5, 5.41) is 8.88. The number of carbonyl (C=O) groups excluding carboxylic acids is 1. The number of carboxylic acids is 1. The molecule has 0 atom stereocenters. The van der Waals surface area contributed by atoms with Gasteiger partial charge in [0, 0.05) is 4.47 Å². The van der Waals surface area contributed by atoms with Crippen LogP contribution in [0.4, 0.5) is 4.79 Å². The number of hydrogen-bond acceptors (Lipinski definition) is 5. The highest BCUT2D eigenvalue weighted by atomic mass is 79.9. The fourth-order valence-electron chi connectivity index (χ4n) is 1.05. The summed E-state index contributed by atoms with van der Waals surface area (Å²) in [7, 11) is -3.02. The summed E-state index contributed by atoms with van der Waals surface area (Å²) in [6.45, 7) is 0. The van der Waals surface area contributed by atoms with Crippen LogP contribution in [0.1, 0.15) is 10.4 Å². The lowest BCUT2D eigenvalue weighted by atomic mass is 10.2. The van der Waals surface area contributed by atoms with Crippen molar-refractivity contribution >= 4 is 38.0 Å². The van der Waals surface area contributed by atoms with Crippen LogP contribution in [-0.2, 0) is 14.8 Å². The summed E-state index contributed by atoms with van der Waals surface area (Å²) in [5.41, 5.74) is 1.55. The maximum Gasteiger partial charge on any atom is 0.422 e. The van der Waals surface area contributed by atoms with E-state index in [1.54, 1.807) is 10.3 Å². The highest BCUT2D eigenvalue weighted by Crippen LogP contribution is 2.20. The van der Waals surface area contributed by atoms with Gasteiger partial charge in [0.1, 0.15) is 0 Å². The molecule has 3 N–H and O–H groups in total. The zero-order valence-corrected chi connectivity index (χ0v) is 11.9. The number of ether oxygens (including phenoxy) is 1. The van der Waals surface area contributed by atoms with Gasteiger partial charge < -0.3 is 9.84 Å². The van der Waals surface area contributed by atoms with Gasteiger partial charge in [-0.2, -0.15) is 0 Å². The molecule has 0 fully saturated rings. The number of carbonyl (C=O) groups is 2. The Labute approximate surface area is 116 Å². The van der Waals surface area contributed by atoms with Crippen LogP contribution in [0.25, 0.3) is 0 Å². The average molecular weight is 353 g/mol. The van der Waals surface area contributed by atoms with Gasteiger partial charge in [0.15, 0.2) is 0 Å². The molecule has 0 aliphatic carbocycles. The van der Waals surface area contributed by atoms with E-state index in [-0.39, 0.29) is 14.9 Å². The van der Waals surface area contributed by atoms with Crippen LogP contribution in [0.5, 0.6) is 0 Å². The SMILES string of the molecule is COC(=O)NNS(=O)(=O)c1ccc(Br)c(C(=O)O)c1. The quantitative estimate of drug-likeness (QED) is 0.685. The van der Waals surface area contributed by atoms with Gasteiger partial charge in [-0.15, -0.1) is 4.83 Å². The molecule has 0 aromatic heterocycles. The van der Waals surface area contributed by atoms with E-state index in [4.69, 9.17) is 5.11 Å². The van der Waals surface area contributed by atoms with Crippen LogP contribution < -0.4 is 10.3 Å². The van der Waals surface area contributed by atoms with Crippen molar-refractivity contribution in [3.8, 4) is 0 Å². The lowest BCUT2D eigenvalue weighted by molar-refractivity contribution is 0.0695. The molecule has 8 nitrogen and oxygen atoms in total. The molecule has 104 valence electrons. The molecule has 0 radical (unpaired) electrons. The molecule has 1 aromatic carbocycles. The van der Waals surface area contributed by atoms with Gasteiger partial charge >= 0.3 is 12.1 Å². The third kappa shape index (κ3) is 3.91. The van der Waals surface area contributed by atoms with Crippen molar-refractivity contribution in [1.29, 1.82) is 0 Å². The van der Waals surface area contributed by atoms with Crippen LogP contribution in [0.2, 0.25) is 0 Å². The third-order valence-electron chi connectivity index (χ3n) is 1.95. The van der Waals surface area contributed by atoms with Gasteiger partial charge in [0.25, 0.3) is 10.0 Å². The molecule has 0 spiro atoms. The van der Waals surface area contributed by atoms with Gasteiger partial charge in [0.05, 0.1) is 17.6 Å². The summed E-state index contributed by atoms with van der Waals surface area (Å²) in [6.07, 6.45) is -1.00. The van der Waals surface area contributed by atoms with Gasteiger partial charge in [-0.25, -0.2) is 23.4 Å². The van der Waals surface area contributed by atoms with Crippen molar-refractivity contribution in [2.75, 3.05) is 7.11 Å². The van der Waals surface area contributed by atoms with Crippen molar-refractivity contribution in [1.82, 2.24) is 10.3 Å². The monoisotopic (exact) mass is 352 g/mol. The largest absolute Gasteiger partial charge is 0.478 e. The Morgan fingerprint density at radius 1 is 1.37 bits per heavy atom. The number of sulfonamides is 1. The zero-order valence-electron chi connectivity index (χ0n) is 9.51. The number of benzene rings is 1. The number of hydrogen-bond donors (Lipinski definition) is 3. The molecule has 0 aliphatic heterocycles. The van der Waals surface area contributed by atoms with Crippen molar-refractivity contribution < 1.29 is 27.9 Å². The van der Waals surface area contributed by atoms with Gasteiger partial charge in [0.2, 0.25) is 0 Å². The van der Waals surface area contributed by atoms with E-state index in [1.807, 2.05) is 0 Å². The van der Waals surface area contributed by atoms with Gasteiger partial charge in [-0.1, -0.05) is 0 Å². The lowest BCUT2D eigenvalue weighted by Crippen LogP contribution is -2.41. The number of halogens is 1. The molecular weight excluding hydrogens is 344 g/mol. The minimum absolute atomic E-state index is 0.221. The van der Waals surface area contributed by atoms with E-state index < -0.39 is 22.1 Å². The molecule has 10 heteroatoms. The second kappa shape index (κ2) is 5.99. The summed E-state index contributed by atoms with van der Waals surface area (Å²) < 4.78 is 27.9. The number of nitrogens with one attached hydrogen (secondary N) is 2. The number of methoxy groups -OCH3 is 1. The van der Waals surface area contributed by atoms with E-state index in [0.29, 0.717) is 0 Å². The predicted molar refractivity (Wildman–Crippen MR) is 67.0 cm³/mol. The van der Waals surface area contributed by atoms with E-state index in [1.165, 1.54) is 12.1 Å². The second-order valence-electron chi connectivity index (χ2n) is 3.17. The highest BCUT2D eigenvalue weighted by molar-refractivity contribution is 9.10. The topological polar surface area (TPSA) is 122 Å². The highest BCUT2D eigenvalue weighted by Gasteiger charge is 2.18. The molecule has 1 aromatic rings. The Balaban J connectivity index is 3.05. The number of aromatic carboxylic acids is 1. The number of carboxylic acid groups (broad SMARTS) is 1. The maximum absolute atomic E-state index is 11.7. The zero-order chi connectivity index (χ0) is 14.6. The number of hydrazine groups is 1. The molecule has 0 heterocycles. The molecular formula is C9H9BrN2O6S. The van der Waals surface area contributed by atoms with Crippen molar-refractivity contribution in [2.24, 2.45) is 0 Å². The van der Waals surface area contributed by atoms with E-state index in [0.717, 1.165) is 13.2 Å². The molecule has 0 unspecified atom stereocenters. The normalized spacial score (nSPS) is 10.8. The Morgan fingerprint density at radius 2 is 2.00 bits per heavy atom. The summed E-state index contributed by atoms with van der Waals surface area (Å²) in [4.78, 5) is 23.1. The van der Waals surface area contributed by atoms with Crippen LogP contribution in [-0.4, -0.2) is 32.7 Å². The van der Waals surface area contributed by atoms with Crippen LogP contribution >= 0.6 is 15.9 Å². The average Bonchev–Trinajstić information content (AvgIpc) is 2.35. The van der Waals surface area contributed by atoms with E-state index >= 15 is 0 Å². The fraction of sp³-hybridized carbons (Fsp3) is 0.111. The van der Waals surface area contributed by atoms with Crippen LogP contribution in [0, 0.1) is 0 Å². The molecule has 1 rings (SSSR count). The van der Waals surface area contributed by atoms with Gasteiger partial charge in [-0.05, 0) is 34.1 Å². The Morgan fingerprint density at radius 3 is 2.53 bits per heavy atom. The third-order valence-corrected chi connectivity index (χ3v) is 3.89. The Kier molecular flexibility index (Phi) is 4.86. The first-order chi connectivity index (χ1) is 8.77. The smallest absolute Gasteiger partial charge is 0.422 e.